The number of amides is 1. The van der Waals surface area contributed by atoms with Crippen LogP contribution in [0.5, 0.6) is 0 Å². The predicted octanol–water partition coefficient (Wildman–Crippen LogP) is 1.67. The Kier molecular flexibility index (Phi) is 4.50. The summed E-state index contributed by atoms with van der Waals surface area (Å²) >= 11 is 0. The largest absolute Gasteiger partial charge is 0.477 e. The Hall–Kier alpha value is -2.83. The second-order valence-corrected chi connectivity index (χ2v) is 6.08. The molecule has 126 valence electrons. The number of nitrogens with one attached hydrogen (secondary N) is 2. The molecule has 2 aromatic rings. The van der Waals surface area contributed by atoms with E-state index < -0.39 is 11.9 Å². The number of aromatic nitrogens is 2. The Morgan fingerprint density at radius 3 is 2.83 bits per heavy atom. The zero-order valence-corrected chi connectivity index (χ0v) is 13.5. The van der Waals surface area contributed by atoms with Crippen LogP contribution in [-0.4, -0.2) is 46.6 Å². The fraction of sp³-hybridized carbons (Fsp3) is 0.353. The minimum atomic E-state index is -1.19. The first-order valence-electron chi connectivity index (χ1n) is 7.91. The van der Waals surface area contributed by atoms with Crippen molar-refractivity contribution in [1.29, 1.82) is 0 Å². The lowest BCUT2D eigenvalue weighted by Gasteiger charge is -2.19. The van der Waals surface area contributed by atoms with E-state index in [-0.39, 0.29) is 11.4 Å². The van der Waals surface area contributed by atoms with Gasteiger partial charge in [-0.3, -0.25) is 4.79 Å². The Bertz CT molecular complexity index is 739. The van der Waals surface area contributed by atoms with E-state index in [9.17, 15) is 9.59 Å². The maximum Gasteiger partial charge on any atom is 0.354 e. The Balaban J connectivity index is 1.54. The van der Waals surface area contributed by atoms with E-state index in [2.05, 4.69) is 51.4 Å². The maximum atomic E-state index is 12.1. The number of benzene rings is 1. The van der Waals surface area contributed by atoms with Gasteiger partial charge in [0.2, 0.25) is 0 Å². The fourth-order valence-electron chi connectivity index (χ4n) is 2.94. The summed E-state index contributed by atoms with van der Waals surface area (Å²) in [5, 5.41) is 11.8. The van der Waals surface area contributed by atoms with Crippen LogP contribution in [0.3, 0.4) is 0 Å². The number of carbonyl (C=O) groups is 2. The zero-order chi connectivity index (χ0) is 17.1. The van der Waals surface area contributed by atoms with E-state index in [0.29, 0.717) is 12.5 Å². The van der Waals surface area contributed by atoms with Gasteiger partial charge in [-0.25, -0.2) is 9.78 Å². The first-order valence-corrected chi connectivity index (χ1v) is 7.91. The highest BCUT2D eigenvalue weighted by molar-refractivity contribution is 6.02. The summed E-state index contributed by atoms with van der Waals surface area (Å²) in [5.74, 6) is -1.31. The van der Waals surface area contributed by atoms with Gasteiger partial charge in [0.05, 0.1) is 6.33 Å². The smallest absolute Gasteiger partial charge is 0.354 e. The molecule has 3 N–H and O–H groups in total. The number of hydrogen-bond donors (Lipinski definition) is 3. The molecule has 1 saturated heterocycles. The number of H-pyrrole nitrogens is 1. The second kappa shape index (κ2) is 6.74. The first kappa shape index (κ1) is 16.0. The van der Waals surface area contributed by atoms with E-state index in [1.165, 1.54) is 17.6 Å². The fourth-order valence-corrected chi connectivity index (χ4v) is 2.94. The predicted molar refractivity (Wildman–Crippen MR) is 89.4 cm³/mol. The minimum Gasteiger partial charge on any atom is -0.477 e. The third-order valence-corrected chi connectivity index (χ3v) is 4.30. The molecule has 0 saturated carbocycles. The van der Waals surface area contributed by atoms with Gasteiger partial charge in [-0.05, 0) is 31.4 Å². The molecule has 7 heteroatoms. The lowest BCUT2D eigenvalue weighted by Crippen LogP contribution is -2.32. The van der Waals surface area contributed by atoms with Gasteiger partial charge in [0.25, 0.3) is 5.91 Å². The summed E-state index contributed by atoms with van der Waals surface area (Å²) in [6, 6.07) is 8.41. The summed E-state index contributed by atoms with van der Waals surface area (Å²) in [5.41, 5.74) is 2.17. The number of aryl methyl sites for hydroxylation is 1. The van der Waals surface area contributed by atoms with Crippen molar-refractivity contribution in [1.82, 2.24) is 15.3 Å². The molecule has 2 heterocycles. The SMILES string of the molecule is Cc1ccc(N2CC[C@@H](CNC(=O)c3nc[nH]c3C(=O)O)C2)cc1. The summed E-state index contributed by atoms with van der Waals surface area (Å²) in [6.45, 7) is 4.39. The van der Waals surface area contributed by atoms with Crippen LogP contribution >= 0.6 is 0 Å². The molecule has 1 amide bonds. The van der Waals surface area contributed by atoms with Gasteiger partial charge in [-0.2, -0.15) is 0 Å². The van der Waals surface area contributed by atoms with Crippen molar-refractivity contribution >= 4 is 17.6 Å². The molecular weight excluding hydrogens is 308 g/mol. The van der Waals surface area contributed by atoms with Crippen molar-refractivity contribution < 1.29 is 14.7 Å². The summed E-state index contributed by atoms with van der Waals surface area (Å²) in [7, 11) is 0. The lowest BCUT2D eigenvalue weighted by molar-refractivity contribution is 0.0685. The monoisotopic (exact) mass is 328 g/mol. The van der Waals surface area contributed by atoms with Crippen LogP contribution in [-0.2, 0) is 0 Å². The van der Waals surface area contributed by atoms with E-state index in [1.54, 1.807) is 0 Å². The Labute approximate surface area is 139 Å². The third kappa shape index (κ3) is 3.40. The molecule has 1 aromatic carbocycles. The molecule has 1 aliphatic heterocycles. The number of hydrogen-bond acceptors (Lipinski definition) is 4. The van der Waals surface area contributed by atoms with E-state index in [0.717, 1.165) is 19.5 Å². The van der Waals surface area contributed by atoms with Gasteiger partial charge in [-0.1, -0.05) is 17.7 Å². The molecule has 3 rings (SSSR count). The number of carbonyl (C=O) groups excluding carboxylic acids is 1. The van der Waals surface area contributed by atoms with Crippen molar-refractivity contribution in [2.75, 3.05) is 24.5 Å². The van der Waals surface area contributed by atoms with E-state index in [1.807, 2.05) is 0 Å². The molecule has 1 fully saturated rings. The van der Waals surface area contributed by atoms with Crippen LogP contribution in [0, 0.1) is 12.8 Å². The Morgan fingerprint density at radius 2 is 2.12 bits per heavy atom. The summed E-state index contributed by atoms with van der Waals surface area (Å²) in [6.07, 6.45) is 2.20. The van der Waals surface area contributed by atoms with E-state index in [4.69, 9.17) is 5.11 Å². The average molecular weight is 328 g/mol. The van der Waals surface area contributed by atoms with Crippen molar-refractivity contribution in [3.8, 4) is 0 Å². The summed E-state index contributed by atoms with van der Waals surface area (Å²) in [4.78, 5) is 31.7. The van der Waals surface area contributed by atoms with Crippen LogP contribution in [0.15, 0.2) is 30.6 Å². The van der Waals surface area contributed by atoms with Gasteiger partial charge in [0, 0.05) is 25.3 Å². The normalized spacial score (nSPS) is 17.0. The first-order chi connectivity index (χ1) is 11.5. The van der Waals surface area contributed by atoms with Crippen LogP contribution < -0.4 is 10.2 Å². The molecule has 0 spiro atoms. The van der Waals surface area contributed by atoms with Crippen molar-refractivity contribution in [2.24, 2.45) is 5.92 Å². The number of imidazole rings is 1. The molecule has 0 bridgehead atoms. The minimum absolute atomic E-state index is 0.0733. The zero-order valence-electron chi connectivity index (χ0n) is 13.5. The summed E-state index contributed by atoms with van der Waals surface area (Å²) < 4.78 is 0. The van der Waals surface area contributed by atoms with Crippen LogP contribution in [0.2, 0.25) is 0 Å². The molecule has 0 unspecified atom stereocenters. The average Bonchev–Trinajstić information content (AvgIpc) is 3.22. The molecule has 7 nitrogen and oxygen atoms in total. The Morgan fingerprint density at radius 1 is 1.38 bits per heavy atom. The molecule has 1 atom stereocenters. The van der Waals surface area contributed by atoms with Crippen molar-refractivity contribution in [3.63, 3.8) is 0 Å². The molecular formula is C17H20N4O3. The standard InChI is InChI=1S/C17H20N4O3/c1-11-2-4-13(5-3-11)21-7-6-12(9-21)8-18-16(22)14-15(17(23)24)20-10-19-14/h2-5,10,12H,6-9H2,1H3,(H,18,22)(H,19,20)(H,23,24)/t12-/m0/s1. The van der Waals surface area contributed by atoms with Gasteiger partial charge < -0.3 is 20.3 Å². The number of aromatic amines is 1. The number of carboxylic acid groups (broad SMARTS) is 1. The topological polar surface area (TPSA) is 98.3 Å². The second-order valence-electron chi connectivity index (χ2n) is 6.08. The van der Waals surface area contributed by atoms with Gasteiger partial charge in [0.1, 0.15) is 0 Å². The molecule has 1 aliphatic rings. The highest BCUT2D eigenvalue weighted by Crippen LogP contribution is 2.23. The number of nitrogens with zero attached hydrogens (tertiary/aromatic N) is 2. The van der Waals surface area contributed by atoms with E-state index >= 15 is 0 Å². The number of carboxylic acids is 1. The number of anilines is 1. The van der Waals surface area contributed by atoms with Crippen LogP contribution in [0.25, 0.3) is 0 Å². The quantitative estimate of drug-likeness (QED) is 0.775. The highest BCUT2D eigenvalue weighted by atomic mass is 16.4. The van der Waals surface area contributed by atoms with Gasteiger partial charge in [-0.15, -0.1) is 0 Å². The van der Waals surface area contributed by atoms with Gasteiger partial charge in [0.15, 0.2) is 11.4 Å². The van der Waals surface area contributed by atoms with Crippen molar-refractivity contribution in [3.05, 3.63) is 47.5 Å². The third-order valence-electron chi connectivity index (χ3n) is 4.30. The number of rotatable bonds is 5. The number of aromatic carboxylic acids is 1. The lowest BCUT2D eigenvalue weighted by atomic mass is 10.1. The molecule has 24 heavy (non-hydrogen) atoms. The van der Waals surface area contributed by atoms with Crippen LogP contribution in [0.4, 0.5) is 5.69 Å². The highest BCUT2D eigenvalue weighted by Gasteiger charge is 2.25. The van der Waals surface area contributed by atoms with Crippen molar-refractivity contribution in [2.45, 2.75) is 13.3 Å². The molecule has 1 aromatic heterocycles. The molecule has 0 aliphatic carbocycles. The maximum absolute atomic E-state index is 12.1. The van der Waals surface area contributed by atoms with Crippen LogP contribution in [0.1, 0.15) is 33.0 Å². The molecule has 0 radical (unpaired) electrons. The van der Waals surface area contributed by atoms with Gasteiger partial charge >= 0.3 is 5.97 Å².